The molecule has 0 atom stereocenters. The highest BCUT2D eigenvalue weighted by atomic mass is 16.6. The lowest BCUT2D eigenvalue weighted by atomic mass is 10.2. The van der Waals surface area contributed by atoms with E-state index in [1.807, 2.05) is 20.8 Å². The number of rotatable bonds is 9. The minimum atomic E-state index is -0.504. The maximum Gasteiger partial charge on any atom is 0.407 e. The molecule has 2 aromatic rings. The maximum atomic E-state index is 11.6. The monoisotopic (exact) mass is 377 g/mol. The molecule has 2 N–H and O–H groups in total. The number of aromatic nitrogens is 4. The molecule has 0 aliphatic heterocycles. The number of fused-ring (bicyclic) bond motifs is 1. The molecule has 2 rings (SSSR count). The normalized spacial score (nSPS) is 11.8. The first-order valence-corrected chi connectivity index (χ1v) is 9.27. The Morgan fingerprint density at radius 3 is 2.67 bits per heavy atom. The van der Waals surface area contributed by atoms with Crippen molar-refractivity contribution < 1.29 is 9.53 Å². The predicted octanol–water partition coefficient (Wildman–Crippen LogP) is 2.10. The first-order valence-electron chi connectivity index (χ1n) is 9.27. The van der Waals surface area contributed by atoms with Crippen LogP contribution in [0.2, 0.25) is 0 Å². The number of carbonyl (C=O) groups is 1. The molecule has 0 saturated heterocycles. The van der Waals surface area contributed by atoms with Crippen LogP contribution in [0.1, 0.15) is 33.6 Å². The van der Waals surface area contributed by atoms with Crippen LogP contribution >= 0.6 is 0 Å². The molecule has 0 radical (unpaired) electrons. The van der Waals surface area contributed by atoms with Crippen molar-refractivity contribution in [3.05, 3.63) is 12.7 Å². The molecule has 0 saturated carbocycles. The molecule has 0 aromatic carbocycles. The van der Waals surface area contributed by atoms with Crippen molar-refractivity contribution in [3.63, 3.8) is 0 Å². The molecule has 0 bridgehead atoms. The lowest BCUT2D eigenvalue weighted by molar-refractivity contribution is 0.0530. The number of anilines is 1. The van der Waals surface area contributed by atoms with E-state index in [-0.39, 0.29) is 0 Å². The summed E-state index contributed by atoms with van der Waals surface area (Å²) in [6.07, 6.45) is 5.09. The summed E-state index contributed by atoms with van der Waals surface area (Å²) in [6.45, 7) is 8.38. The van der Waals surface area contributed by atoms with E-state index in [4.69, 9.17) is 4.74 Å². The van der Waals surface area contributed by atoms with E-state index in [9.17, 15) is 4.79 Å². The summed E-state index contributed by atoms with van der Waals surface area (Å²) in [4.78, 5) is 26.9. The van der Waals surface area contributed by atoms with Gasteiger partial charge in [0, 0.05) is 19.6 Å². The molecule has 9 nitrogen and oxygen atoms in total. The number of nitrogens with one attached hydrogen (secondary N) is 2. The summed E-state index contributed by atoms with van der Waals surface area (Å²) < 4.78 is 7.26. The molecule has 2 aromatic heterocycles. The Kier molecular flexibility index (Phi) is 7.35. The number of aryl methyl sites for hydroxylation is 1. The second kappa shape index (κ2) is 9.50. The molecular weight excluding hydrogens is 346 g/mol. The third kappa shape index (κ3) is 7.01. The topological polar surface area (TPSA) is 97.2 Å². The molecule has 0 aliphatic carbocycles. The largest absolute Gasteiger partial charge is 0.444 e. The van der Waals surface area contributed by atoms with Crippen molar-refractivity contribution in [1.82, 2.24) is 29.7 Å². The molecule has 1 amide bonds. The molecule has 0 spiro atoms. The van der Waals surface area contributed by atoms with Gasteiger partial charge in [0.05, 0.1) is 6.33 Å². The van der Waals surface area contributed by atoms with Crippen LogP contribution in [0.3, 0.4) is 0 Å². The fourth-order valence-corrected chi connectivity index (χ4v) is 2.54. The molecule has 150 valence electrons. The van der Waals surface area contributed by atoms with Gasteiger partial charge in [-0.3, -0.25) is 0 Å². The van der Waals surface area contributed by atoms with E-state index in [2.05, 4.69) is 49.1 Å². The minimum absolute atomic E-state index is 0.422. The highest BCUT2D eigenvalue weighted by molar-refractivity contribution is 5.82. The standard InChI is InChI=1S/C18H31N7O2/c1-18(2,3)27-17(26)20-9-8-19-15-14-16(22-12-21-15)25(13-23-14)11-7-6-10-24(4)5/h12-13H,6-11H2,1-5H3,(H,20,26)(H,19,21,22). The van der Waals surface area contributed by atoms with Crippen LogP contribution in [-0.2, 0) is 11.3 Å². The predicted molar refractivity (Wildman–Crippen MR) is 106 cm³/mol. The number of nitrogens with zero attached hydrogens (tertiary/aromatic N) is 5. The molecule has 0 fully saturated rings. The van der Waals surface area contributed by atoms with Gasteiger partial charge < -0.3 is 24.8 Å². The minimum Gasteiger partial charge on any atom is -0.444 e. The lowest BCUT2D eigenvalue weighted by Gasteiger charge is -2.19. The molecule has 27 heavy (non-hydrogen) atoms. The summed E-state index contributed by atoms with van der Waals surface area (Å²) in [5.41, 5.74) is 1.05. The molecule has 0 unspecified atom stereocenters. The summed E-state index contributed by atoms with van der Waals surface area (Å²) in [7, 11) is 4.16. The third-order valence-corrected chi connectivity index (χ3v) is 3.74. The van der Waals surface area contributed by atoms with Crippen molar-refractivity contribution in [2.45, 2.75) is 45.8 Å². The fourth-order valence-electron chi connectivity index (χ4n) is 2.54. The lowest BCUT2D eigenvalue weighted by Crippen LogP contribution is -2.35. The Labute approximate surface area is 160 Å². The number of ether oxygens (including phenoxy) is 1. The van der Waals surface area contributed by atoms with Gasteiger partial charge in [-0.15, -0.1) is 0 Å². The van der Waals surface area contributed by atoms with E-state index < -0.39 is 11.7 Å². The number of imidazole rings is 1. The average Bonchev–Trinajstić information content (AvgIpc) is 2.98. The Bertz CT molecular complexity index is 737. The second-order valence-corrected chi connectivity index (χ2v) is 7.70. The van der Waals surface area contributed by atoms with Gasteiger partial charge in [-0.1, -0.05) is 0 Å². The zero-order valence-electron chi connectivity index (χ0n) is 16.9. The Morgan fingerprint density at radius 1 is 1.19 bits per heavy atom. The van der Waals surface area contributed by atoms with Gasteiger partial charge in [0.25, 0.3) is 0 Å². The first-order chi connectivity index (χ1) is 12.8. The third-order valence-electron chi connectivity index (χ3n) is 3.74. The van der Waals surface area contributed by atoms with Crippen LogP contribution in [0, 0.1) is 0 Å². The number of hydrogen-bond acceptors (Lipinski definition) is 7. The number of hydrogen-bond donors (Lipinski definition) is 2. The van der Waals surface area contributed by atoms with Gasteiger partial charge in [0.15, 0.2) is 11.5 Å². The van der Waals surface area contributed by atoms with E-state index >= 15 is 0 Å². The number of carbonyl (C=O) groups excluding carboxylic acids is 1. The van der Waals surface area contributed by atoms with E-state index in [0.717, 1.165) is 37.1 Å². The Balaban J connectivity index is 1.85. The van der Waals surface area contributed by atoms with Crippen LogP contribution in [-0.4, -0.2) is 69.8 Å². The van der Waals surface area contributed by atoms with Gasteiger partial charge in [0.1, 0.15) is 17.4 Å². The molecular formula is C18H31N7O2. The van der Waals surface area contributed by atoms with Crippen molar-refractivity contribution in [3.8, 4) is 0 Å². The van der Waals surface area contributed by atoms with Crippen molar-refractivity contribution in [1.29, 1.82) is 0 Å². The van der Waals surface area contributed by atoms with Crippen molar-refractivity contribution in [2.75, 3.05) is 39.0 Å². The van der Waals surface area contributed by atoms with Crippen LogP contribution in [0.4, 0.5) is 10.6 Å². The summed E-state index contributed by atoms with van der Waals surface area (Å²) in [5.74, 6) is 0.665. The average molecular weight is 377 g/mol. The summed E-state index contributed by atoms with van der Waals surface area (Å²) in [5, 5.41) is 5.91. The van der Waals surface area contributed by atoms with Gasteiger partial charge in [-0.25, -0.2) is 19.7 Å². The van der Waals surface area contributed by atoms with E-state index in [0.29, 0.717) is 18.9 Å². The Morgan fingerprint density at radius 2 is 1.96 bits per heavy atom. The molecule has 9 heteroatoms. The van der Waals surface area contributed by atoms with Crippen LogP contribution in [0.5, 0.6) is 0 Å². The van der Waals surface area contributed by atoms with E-state index in [1.165, 1.54) is 6.33 Å². The number of unbranched alkanes of at least 4 members (excludes halogenated alkanes) is 1. The zero-order chi connectivity index (χ0) is 19.9. The quantitative estimate of drug-likeness (QED) is 0.646. The zero-order valence-corrected chi connectivity index (χ0v) is 16.9. The van der Waals surface area contributed by atoms with Crippen molar-refractivity contribution >= 4 is 23.1 Å². The molecule has 0 aliphatic rings. The van der Waals surface area contributed by atoms with Gasteiger partial charge in [-0.2, -0.15) is 0 Å². The van der Waals surface area contributed by atoms with Gasteiger partial charge >= 0.3 is 6.09 Å². The first kappa shape index (κ1) is 20.9. The number of amides is 1. The number of alkyl carbamates (subject to hydrolysis) is 1. The van der Waals surface area contributed by atoms with Crippen LogP contribution in [0.25, 0.3) is 11.2 Å². The van der Waals surface area contributed by atoms with Crippen LogP contribution in [0.15, 0.2) is 12.7 Å². The van der Waals surface area contributed by atoms with Gasteiger partial charge in [0.2, 0.25) is 0 Å². The summed E-state index contributed by atoms with van der Waals surface area (Å²) >= 11 is 0. The smallest absolute Gasteiger partial charge is 0.407 e. The van der Waals surface area contributed by atoms with Gasteiger partial charge in [-0.05, 0) is 54.3 Å². The second-order valence-electron chi connectivity index (χ2n) is 7.70. The maximum absolute atomic E-state index is 11.6. The Hall–Kier alpha value is -2.42. The van der Waals surface area contributed by atoms with Crippen molar-refractivity contribution in [2.24, 2.45) is 0 Å². The SMILES string of the molecule is CN(C)CCCCn1cnc2c(NCCNC(=O)OC(C)(C)C)ncnc21. The highest BCUT2D eigenvalue weighted by Crippen LogP contribution is 2.17. The summed E-state index contributed by atoms with van der Waals surface area (Å²) in [6, 6.07) is 0. The fraction of sp³-hybridized carbons (Fsp3) is 0.667. The van der Waals surface area contributed by atoms with Crippen LogP contribution < -0.4 is 10.6 Å². The molecule has 2 heterocycles. The van der Waals surface area contributed by atoms with E-state index in [1.54, 1.807) is 6.33 Å². The highest BCUT2D eigenvalue weighted by Gasteiger charge is 2.15.